The van der Waals surface area contributed by atoms with E-state index in [0.717, 1.165) is 6.07 Å². The highest BCUT2D eigenvalue weighted by Gasteiger charge is 2.16. The molecule has 0 aromatic heterocycles. The highest BCUT2D eigenvalue weighted by Crippen LogP contribution is 2.17. The molecule has 2 rings (SSSR count). The maximum atomic E-state index is 13.6. The van der Waals surface area contributed by atoms with Crippen molar-refractivity contribution in [3.05, 3.63) is 65.5 Å². The largest absolute Gasteiger partial charge is 0.322 e. The van der Waals surface area contributed by atoms with Gasteiger partial charge in [0.05, 0.1) is 5.69 Å². The summed E-state index contributed by atoms with van der Waals surface area (Å²) in [6, 6.07) is 8.81. The van der Waals surface area contributed by atoms with Crippen molar-refractivity contribution in [2.24, 2.45) is 0 Å². The number of halogens is 3. The molecular weight excluding hydrogens is 293 g/mol. The van der Waals surface area contributed by atoms with Crippen molar-refractivity contribution in [3.8, 4) is 0 Å². The summed E-state index contributed by atoms with van der Waals surface area (Å²) in [7, 11) is 0. The zero-order valence-corrected chi connectivity index (χ0v) is 11.9. The lowest BCUT2D eigenvalue weighted by Crippen LogP contribution is -2.34. The maximum Gasteiger partial charge on any atom is 0.322 e. The average Bonchev–Trinajstić information content (AvgIpc) is 2.49. The fraction of sp³-hybridized carbons (Fsp3) is 0.188. The molecule has 6 heteroatoms. The van der Waals surface area contributed by atoms with E-state index in [2.05, 4.69) is 5.32 Å². The van der Waals surface area contributed by atoms with Crippen LogP contribution in [0.3, 0.4) is 0 Å². The smallest absolute Gasteiger partial charge is 0.320 e. The van der Waals surface area contributed by atoms with Crippen molar-refractivity contribution < 1.29 is 18.0 Å². The lowest BCUT2D eigenvalue weighted by atomic mass is 10.2. The molecule has 2 aromatic rings. The molecule has 2 aromatic carbocycles. The summed E-state index contributed by atoms with van der Waals surface area (Å²) >= 11 is 0. The first-order valence-electron chi connectivity index (χ1n) is 6.75. The number of rotatable bonds is 4. The van der Waals surface area contributed by atoms with Crippen LogP contribution in [0.25, 0.3) is 0 Å². The van der Waals surface area contributed by atoms with E-state index in [9.17, 15) is 18.0 Å². The number of nitrogens with zero attached hydrogens (tertiary/aromatic N) is 1. The highest BCUT2D eigenvalue weighted by atomic mass is 19.2. The molecule has 0 radical (unpaired) electrons. The summed E-state index contributed by atoms with van der Waals surface area (Å²) in [5.41, 5.74) is 0.374. The Morgan fingerprint density at radius 3 is 2.55 bits per heavy atom. The highest BCUT2D eigenvalue weighted by molar-refractivity contribution is 5.89. The molecule has 2 amide bonds. The molecule has 1 N–H and O–H groups in total. The molecule has 0 unspecified atom stereocenters. The molecule has 0 aliphatic heterocycles. The van der Waals surface area contributed by atoms with E-state index in [1.807, 2.05) is 0 Å². The quantitative estimate of drug-likeness (QED) is 0.904. The van der Waals surface area contributed by atoms with Gasteiger partial charge >= 0.3 is 6.03 Å². The number of carbonyl (C=O) groups excluding carboxylic acids is 1. The number of anilines is 1. The minimum atomic E-state index is -1.11. The first kappa shape index (κ1) is 15.9. The van der Waals surface area contributed by atoms with Crippen molar-refractivity contribution in [3.63, 3.8) is 0 Å². The van der Waals surface area contributed by atoms with Crippen molar-refractivity contribution in [2.45, 2.75) is 13.5 Å². The Morgan fingerprint density at radius 2 is 1.86 bits per heavy atom. The second kappa shape index (κ2) is 6.98. The molecular formula is C16H15F3N2O. The van der Waals surface area contributed by atoms with Gasteiger partial charge in [-0.15, -0.1) is 0 Å². The van der Waals surface area contributed by atoms with E-state index < -0.39 is 23.5 Å². The molecule has 0 bridgehead atoms. The first-order valence-corrected chi connectivity index (χ1v) is 6.75. The molecule has 0 heterocycles. The SMILES string of the molecule is CCN(Cc1cccc(F)c1)C(=O)Nc1cccc(F)c1F. The van der Waals surface area contributed by atoms with Crippen LogP contribution in [0.2, 0.25) is 0 Å². The Hall–Kier alpha value is -2.50. The molecule has 0 spiro atoms. The zero-order valence-electron chi connectivity index (χ0n) is 11.9. The molecule has 0 saturated heterocycles. The summed E-state index contributed by atoms with van der Waals surface area (Å²) in [6.45, 7) is 2.23. The molecule has 0 aliphatic carbocycles. The number of amides is 2. The molecule has 3 nitrogen and oxygen atoms in total. The predicted molar refractivity (Wildman–Crippen MR) is 77.9 cm³/mol. The fourth-order valence-corrected chi connectivity index (χ4v) is 1.98. The molecule has 22 heavy (non-hydrogen) atoms. The van der Waals surface area contributed by atoms with Gasteiger partial charge in [0.1, 0.15) is 5.82 Å². The van der Waals surface area contributed by atoms with Crippen LogP contribution in [0, 0.1) is 17.5 Å². The van der Waals surface area contributed by atoms with Gasteiger partial charge < -0.3 is 10.2 Å². The van der Waals surface area contributed by atoms with Gasteiger partial charge in [-0.25, -0.2) is 18.0 Å². The summed E-state index contributed by atoms with van der Waals surface area (Å²) in [5, 5.41) is 2.32. The van der Waals surface area contributed by atoms with Crippen LogP contribution >= 0.6 is 0 Å². The molecule has 0 saturated carbocycles. The van der Waals surface area contributed by atoms with Gasteiger partial charge in [-0.3, -0.25) is 0 Å². The maximum absolute atomic E-state index is 13.6. The van der Waals surface area contributed by atoms with Gasteiger partial charge in [0.15, 0.2) is 11.6 Å². The van der Waals surface area contributed by atoms with E-state index in [4.69, 9.17) is 0 Å². The lowest BCUT2D eigenvalue weighted by molar-refractivity contribution is 0.212. The molecule has 0 fully saturated rings. The summed E-state index contributed by atoms with van der Waals surface area (Å²) in [6.07, 6.45) is 0. The van der Waals surface area contributed by atoms with Crippen LogP contribution in [0.5, 0.6) is 0 Å². The number of carbonyl (C=O) groups is 1. The monoisotopic (exact) mass is 308 g/mol. The minimum Gasteiger partial charge on any atom is -0.320 e. The van der Waals surface area contributed by atoms with Crippen molar-refractivity contribution in [1.29, 1.82) is 0 Å². The summed E-state index contributed by atoms with van der Waals surface area (Å²) in [4.78, 5) is 13.5. The minimum absolute atomic E-state index is 0.164. The van der Waals surface area contributed by atoms with Gasteiger partial charge in [0.2, 0.25) is 0 Å². The Bertz CT molecular complexity index is 676. The lowest BCUT2D eigenvalue weighted by Gasteiger charge is -2.21. The Labute approximate surface area is 126 Å². The molecule has 116 valence electrons. The van der Waals surface area contributed by atoms with Crippen LogP contribution in [-0.4, -0.2) is 17.5 Å². The third-order valence-electron chi connectivity index (χ3n) is 3.12. The van der Waals surface area contributed by atoms with E-state index in [0.29, 0.717) is 12.1 Å². The zero-order chi connectivity index (χ0) is 16.1. The Kier molecular flexibility index (Phi) is 5.04. The van der Waals surface area contributed by atoms with Crippen LogP contribution in [0.1, 0.15) is 12.5 Å². The van der Waals surface area contributed by atoms with Gasteiger partial charge in [-0.05, 0) is 36.8 Å². The van der Waals surface area contributed by atoms with Crippen LogP contribution < -0.4 is 5.32 Å². The van der Waals surface area contributed by atoms with E-state index >= 15 is 0 Å². The van der Waals surface area contributed by atoms with Crippen LogP contribution in [0.4, 0.5) is 23.7 Å². The Balaban J connectivity index is 2.10. The topological polar surface area (TPSA) is 32.3 Å². The van der Waals surface area contributed by atoms with E-state index in [-0.39, 0.29) is 12.2 Å². The van der Waals surface area contributed by atoms with Crippen molar-refractivity contribution >= 4 is 11.7 Å². The normalized spacial score (nSPS) is 10.4. The average molecular weight is 308 g/mol. The van der Waals surface area contributed by atoms with E-state index in [1.54, 1.807) is 19.1 Å². The second-order valence-electron chi connectivity index (χ2n) is 4.68. The fourth-order valence-electron chi connectivity index (χ4n) is 1.98. The predicted octanol–water partition coefficient (Wildman–Crippen LogP) is 4.16. The number of benzene rings is 2. The number of hydrogen-bond donors (Lipinski definition) is 1. The van der Waals surface area contributed by atoms with Gasteiger partial charge in [-0.2, -0.15) is 0 Å². The summed E-state index contributed by atoms with van der Waals surface area (Å²) in [5.74, 6) is -2.55. The number of hydrogen-bond acceptors (Lipinski definition) is 1. The first-order chi connectivity index (χ1) is 10.5. The third kappa shape index (κ3) is 3.78. The van der Waals surface area contributed by atoms with Gasteiger partial charge in [-0.1, -0.05) is 18.2 Å². The number of urea groups is 1. The Morgan fingerprint density at radius 1 is 1.14 bits per heavy atom. The standard InChI is InChI=1S/C16H15F3N2O/c1-2-21(10-11-5-3-6-12(17)9-11)16(22)20-14-8-4-7-13(18)15(14)19/h3-9H,2,10H2,1H3,(H,20,22). The molecule has 0 aliphatic rings. The summed E-state index contributed by atoms with van der Waals surface area (Å²) < 4.78 is 39.8. The second-order valence-corrected chi connectivity index (χ2v) is 4.68. The van der Waals surface area contributed by atoms with E-state index in [1.165, 1.54) is 29.2 Å². The van der Waals surface area contributed by atoms with Crippen LogP contribution in [-0.2, 0) is 6.54 Å². The van der Waals surface area contributed by atoms with Crippen molar-refractivity contribution in [1.82, 2.24) is 4.90 Å². The van der Waals surface area contributed by atoms with Gasteiger partial charge in [0, 0.05) is 13.1 Å². The third-order valence-corrected chi connectivity index (χ3v) is 3.12. The number of nitrogens with one attached hydrogen (secondary N) is 1. The van der Waals surface area contributed by atoms with Crippen molar-refractivity contribution in [2.75, 3.05) is 11.9 Å². The van der Waals surface area contributed by atoms with Crippen LogP contribution in [0.15, 0.2) is 42.5 Å². The molecule has 0 atom stereocenters. The van der Waals surface area contributed by atoms with Gasteiger partial charge in [0.25, 0.3) is 0 Å².